The number of hydrogen-bond acceptors (Lipinski definition) is 6. The molecule has 0 saturated heterocycles. The minimum absolute atomic E-state index is 0.279. The normalized spacial score (nSPS) is 13.5. The van der Waals surface area contributed by atoms with Crippen molar-refractivity contribution in [2.75, 3.05) is 27.2 Å². The third-order valence-corrected chi connectivity index (χ3v) is 3.99. The van der Waals surface area contributed by atoms with Crippen LogP contribution in [0.1, 0.15) is 17.9 Å². The molecule has 0 spiro atoms. The van der Waals surface area contributed by atoms with E-state index in [1.54, 1.807) is 0 Å². The second-order valence-corrected chi connectivity index (χ2v) is 6.23. The van der Waals surface area contributed by atoms with Crippen LogP contribution in [0.3, 0.4) is 0 Å². The molecule has 0 bridgehead atoms. The van der Waals surface area contributed by atoms with Gasteiger partial charge in [-0.3, -0.25) is 9.59 Å². The summed E-state index contributed by atoms with van der Waals surface area (Å²) in [4.78, 5) is 24.9. The highest BCUT2D eigenvalue weighted by Crippen LogP contribution is 2.09. The largest absolute Gasteiger partial charge is 0.502 e. The minimum atomic E-state index is -0.442. The molecule has 2 atom stereocenters. The summed E-state index contributed by atoms with van der Waals surface area (Å²) in [5.74, 6) is -0.110. The molecule has 8 heteroatoms. The average Bonchev–Trinajstić information content (AvgIpc) is 2.56. The lowest BCUT2D eigenvalue weighted by Gasteiger charge is -2.16. The van der Waals surface area contributed by atoms with Crippen molar-refractivity contribution in [1.82, 2.24) is 0 Å². The standard InChI is InChI=1S/C17H22N2O6/c1-18(10-14-16(22)12(20)4-8-24-14)6-3-7-19(2)11-15-17(23)13(21)5-9-25-15/h4-5,8-9,22-23H,3,6-7,10-11H2,1-2H3/p+2. The maximum absolute atomic E-state index is 11.4. The highest BCUT2D eigenvalue weighted by atomic mass is 16.4. The summed E-state index contributed by atoms with van der Waals surface area (Å²) in [5, 5.41) is 19.4. The van der Waals surface area contributed by atoms with E-state index in [0.29, 0.717) is 13.1 Å². The van der Waals surface area contributed by atoms with E-state index in [9.17, 15) is 19.8 Å². The molecule has 0 radical (unpaired) electrons. The molecule has 136 valence electrons. The van der Waals surface area contributed by atoms with Gasteiger partial charge in [-0.1, -0.05) is 0 Å². The molecule has 0 saturated carbocycles. The Morgan fingerprint density at radius 3 is 1.64 bits per heavy atom. The van der Waals surface area contributed by atoms with Crippen LogP contribution in [-0.4, -0.2) is 37.4 Å². The number of quaternary nitrogens is 2. The topological polar surface area (TPSA) is 110 Å². The van der Waals surface area contributed by atoms with E-state index >= 15 is 0 Å². The number of rotatable bonds is 8. The third kappa shape index (κ3) is 5.20. The van der Waals surface area contributed by atoms with Crippen LogP contribution in [0.25, 0.3) is 0 Å². The van der Waals surface area contributed by atoms with Crippen molar-refractivity contribution in [3.8, 4) is 11.5 Å². The molecule has 8 nitrogen and oxygen atoms in total. The van der Waals surface area contributed by atoms with Gasteiger partial charge in [-0.2, -0.15) is 0 Å². The zero-order chi connectivity index (χ0) is 18.4. The van der Waals surface area contributed by atoms with Crippen LogP contribution in [0.4, 0.5) is 0 Å². The molecule has 2 heterocycles. The summed E-state index contributed by atoms with van der Waals surface area (Å²) in [6, 6.07) is 2.37. The van der Waals surface area contributed by atoms with Crippen molar-refractivity contribution in [3.63, 3.8) is 0 Å². The molecule has 0 amide bonds. The highest BCUT2D eigenvalue weighted by molar-refractivity contribution is 5.22. The van der Waals surface area contributed by atoms with E-state index in [1.807, 2.05) is 14.1 Å². The van der Waals surface area contributed by atoms with Crippen molar-refractivity contribution in [2.45, 2.75) is 19.5 Å². The summed E-state index contributed by atoms with van der Waals surface area (Å²) < 4.78 is 10.4. The lowest BCUT2D eigenvalue weighted by molar-refractivity contribution is -0.914. The van der Waals surface area contributed by atoms with Gasteiger partial charge in [-0.05, 0) is 0 Å². The van der Waals surface area contributed by atoms with Crippen LogP contribution in [0, 0.1) is 0 Å². The Morgan fingerprint density at radius 1 is 0.840 bits per heavy atom. The van der Waals surface area contributed by atoms with Gasteiger partial charge in [0.1, 0.15) is 13.1 Å². The first kappa shape index (κ1) is 18.8. The third-order valence-electron chi connectivity index (χ3n) is 3.99. The molecular weight excluding hydrogens is 328 g/mol. The summed E-state index contributed by atoms with van der Waals surface area (Å²) in [6.07, 6.45) is 3.43. The fraction of sp³-hybridized carbons (Fsp3) is 0.412. The maximum atomic E-state index is 11.4. The second kappa shape index (κ2) is 8.50. The molecule has 25 heavy (non-hydrogen) atoms. The van der Waals surface area contributed by atoms with Crippen LogP contribution in [0.2, 0.25) is 0 Å². The van der Waals surface area contributed by atoms with Crippen molar-refractivity contribution in [1.29, 1.82) is 0 Å². The summed E-state index contributed by atoms with van der Waals surface area (Å²) >= 11 is 0. The van der Waals surface area contributed by atoms with Crippen LogP contribution >= 0.6 is 0 Å². The fourth-order valence-electron chi connectivity index (χ4n) is 2.57. The smallest absolute Gasteiger partial charge is 0.227 e. The molecule has 0 aliphatic rings. The maximum Gasteiger partial charge on any atom is 0.227 e. The van der Waals surface area contributed by atoms with E-state index in [0.717, 1.165) is 29.3 Å². The first-order chi connectivity index (χ1) is 11.9. The fourth-order valence-corrected chi connectivity index (χ4v) is 2.57. The molecule has 2 unspecified atom stereocenters. The molecule has 0 aliphatic carbocycles. The Kier molecular flexibility index (Phi) is 6.37. The van der Waals surface area contributed by atoms with Gasteiger partial charge in [-0.15, -0.1) is 0 Å². The van der Waals surface area contributed by atoms with E-state index in [-0.39, 0.29) is 23.0 Å². The first-order valence-corrected chi connectivity index (χ1v) is 8.10. The summed E-state index contributed by atoms with van der Waals surface area (Å²) in [5.41, 5.74) is -0.884. The Hall–Kier alpha value is -2.58. The minimum Gasteiger partial charge on any atom is -0.502 e. The van der Waals surface area contributed by atoms with Crippen molar-refractivity contribution in [3.05, 3.63) is 56.6 Å². The molecule has 0 fully saturated rings. The van der Waals surface area contributed by atoms with Crippen molar-refractivity contribution < 1.29 is 28.8 Å². The van der Waals surface area contributed by atoms with E-state index < -0.39 is 10.9 Å². The Balaban J connectivity index is 1.79. The first-order valence-electron chi connectivity index (χ1n) is 8.10. The molecule has 0 aromatic carbocycles. The molecule has 2 rings (SSSR count). The van der Waals surface area contributed by atoms with Gasteiger partial charge in [0, 0.05) is 18.6 Å². The molecule has 0 aliphatic heterocycles. The Labute approximate surface area is 144 Å². The van der Waals surface area contributed by atoms with Crippen molar-refractivity contribution >= 4 is 0 Å². The van der Waals surface area contributed by atoms with Gasteiger partial charge in [-0.25, -0.2) is 0 Å². The van der Waals surface area contributed by atoms with E-state index in [1.165, 1.54) is 24.7 Å². The summed E-state index contributed by atoms with van der Waals surface area (Å²) in [6.45, 7) is 2.44. The van der Waals surface area contributed by atoms with Gasteiger partial charge >= 0.3 is 0 Å². The van der Waals surface area contributed by atoms with Crippen molar-refractivity contribution in [2.24, 2.45) is 0 Å². The number of nitrogens with one attached hydrogen (secondary N) is 2. The molecular formula is C17H24N2O6+2. The van der Waals surface area contributed by atoms with Crippen LogP contribution < -0.4 is 20.7 Å². The van der Waals surface area contributed by atoms with Gasteiger partial charge in [0.25, 0.3) is 0 Å². The molecule has 4 N–H and O–H groups in total. The highest BCUT2D eigenvalue weighted by Gasteiger charge is 2.15. The van der Waals surface area contributed by atoms with Crippen LogP contribution in [0.15, 0.2) is 43.1 Å². The lowest BCUT2D eigenvalue weighted by Crippen LogP contribution is -3.10. The number of hydrogen-bond donors (Lipinski definition) is 4. The van der Waals surface area contributed by atoms with E-state index in [2.05, 4.69) is 0 Å². The zero-order valence-electron chi connectivity index (χ0n) is 14.4. The monoisotopic (exact) mass is 352 g/mol. The quantitative estimate of drug-likeness (QED) is 0.443. The van der Waals surface area contributed by atoms with Gasteiger partial charge in [0.05, 0.1) is 39.7 Å². The molecule has 2 aromatic rings. The zero-order valence-corrected chi connectivity index (χ0v) is 14.4. The Bertz CT molecular complexity index is 746. The predicted molar refractivity (Wildman–Crippen MR) is 88.8 cm³/mol. The molecule has 2 aromatic heterocycles. The average molecular weight is 352 g/mol. The van der Waals surface area contributed by atoms with Crippen LogP contribution in [0.5, 0.6) is 11.5 Å². The Morgan fingerprint density at radius 2 is 1.24 bits per heavy atom. The van der Waals surface area contributed by atoms with Gasteiger partial charge in [0.15, 0.2) is 0 Å². The van der Waals surface area contributed by atoms with Crippen LogP contribution in [-0.2, 0) is 13.1 Å². The summed E-state index contributed by atoms with van der Waals surface area (Å²) in [7, 11) is 3.90. The predicted octanol–water partition coefficient (Wildman–Crippen LogP) is -1.88. The van der Waals surface area contributed by atoms with E-state index in [4.69, 9.17) is 8.83 Å². The van der Waals surface area contributed by atoms with Gasteiger partial charge < -0.3 is 28.8 Å². The SMILES string of the molecule is C[NH+](CCC[NH+](C)Cc1occc(=O)c1O)Cc1occc(=O)c1O. The van der Waals surface area contributed by atoms with Gasteiger partial charge in [0.2, 0.25) is 33.9 Å². The lowest BCUT2D eigenvalue weighted by atomic mass is 10.3. The second-order valence-electron chi connectivity index (χ2n) is 6.23. The number of aromatic hydroxyl groups is 2.